The van der Waals surface area contributed by atoms with Crippen LogP contribution in [0.3, 0.4) is 0 Å². The van der Waals surface area contributed by atoms with Crippen molar-refractivity contribution in [1.82, 2.24) is 19.9 Å². The van der Waals surface area contributed by atoms with Crippen molar-refractivity contribution in [2.75, 3.05) is 5.73 Å². The lowest BCUT2D eigenvalue weighted by Gasteiger charge is -1.99. The Kier molecular flexibility index (Phi) is 2.77. The fraction of sp³-hybridized carbons (Fsp3) is 0.111. The van der Waals surface area contributed by atoms with E-state index in [-0.39, 0.29) is 0 Å². The van der Waals surface area contributed by atoms with Crippen molar-refractivity contribution < 1.29 is 0 Å². The molecule has 0 radical (unpaired) electrons. The molecule has 2 aromatic heterocycles. The largest absolute Gasteiger partial charge is 0.382 e. The van der Waals surface area contributed by atoms with E-state index >= 15 is 0 Å². The second kappa shape index (κ2) is 4.22. The van der Waals surface area contributed by atoms with E-state index in [1.54, 1.807) is 12.4 Å². The van der Waals surface area contributed by atoms with Crippen LogP contribution in [0.15, 0.2) is 34.8 Å². The zero-order valence-electron chi connectivity index (χ0n) is 8.08. The third-order valence-corrected chi connectivity index (χ3v) is 2.42. The van der Waals surface area contributed by atoms with Crippen LogP contribution in [-0.4, -0.2) is 19.9 Å². The number of anilines is 1. The van der Waals surface area contributed by atoms with Crippen molar-refractivity contribution in [3.63, 3.8) is 0 Å². The maximum Gasteiger partial charge on any atom is 0.194 e. The standard InChI is InChI=1S/C9H9N5S/c1-6-2-3-11-9(14-6)15-8-5-12-7(10)4-13-8/h2-5H,1H3,(H2,10,12). The number of aryl methyl sites for hydroxylation is 1. The molecule has 6 heteroatoms. The van der Waals surface area contributed by atoms with E-state index in [2.05, 4.69) is 19.9 Å². The van der Waals surface area contributed by atoms with Crippen molar-refractivity contribution >= 4 is 17.6 Å². The average Bonchev–Trinajstić information content (AvgIpc) is 2.22. The van der Waals surface area contributed by atoms with Crippen LogP contribution in [0.5, 0.6) is 0 Å². The molecule has 0 aliphatic rings. The van der Waals surface area contributed by atoms with Crippen LogP contribution >= 0.6 is 11.8 Å². The third kappa shape index (κ3) is 2.63. The fourth-order valence-electron chi connectivity index (χ4n) is 0.947. The first-order chi connectivity index (χ1) is 7.24. The summed E-state index contributed by atoms with van der Waals surface area (Å²) in [6, 6.07) is 1.85. The highest BCUT2D eigenvalue weighted by molar-refractivity contribution is 7.99. The van der Waals surface area contributed by atoms with Gasteiger partial charge in [-0.2, -0.15) is 0 Å². The highest BCUT2D eigenvalue weighted by Gasteiger charge is 2.01. The molecule has 2 heterocycles. The highest BCUT2D eigenvalue weighted by atomic mass is 32.2. The Balaban J connectivity index is 2.18. The first-order valence-electron chi connectivity index (χ1n) is 4.29. The van der Waals surface area contributed by atoms with Crippen LogP contribution in [0.4, 0.5) is 5.82 Å². The lowest BCUT2D eigenvalue weighted by molar-refractivity contribution is 0.925. The van der Waals surface area contributed by atoms with E-state index < -0.39 is 0 Å². The third-order valence-electron chi connectivity index (χ3n) is 1.62. The number of nitrogens with two attached hydrogens (primary N) is 1. The molecule has 0 spiro atoms. The number of nitrogens with zero attached hydrogens (tertiary/aromatic N) is 4. The van der Waals surface area contributed by atoms with E-state index in [4.69, 9.17) is 5.73 Å². The zero-order chi connectivity index (χ0) is 10.7. The van der Waals surface area contributed by atoms with Crippen molar-refractivity contribution in [3.8, 4) is 0 Å². The van der Waals surface area contributed by atoms with Crippen LogP contribution < -0.4 is 5.73 Å². The van der Waals surface area contributed by atoms with Crippen molar-refractivity contribution in [3.05, 3.63) is 30.4 Å². The van der Waals surface area contributed by atoms with Gasteiger partial charge in [-0.05, 0) is 24.8 Å². The Morgan fingerprint density at radius 3 is 2.73 bits per heavy atom. The average molecular weight is 219 g/mol. The van der Waals surface area contributed by atoms with Gasteiger partial charge < -0.3 is 5.73 Å². The molecule has 0 saturated heterocycles. The van der Waals surface area contributed by atoms with Crippen LogP contribution in [0.1, 0.15) is 5.69 Å². The van der Waals surface area contributed by atoms with Crippen LogP contribution in [-0.2, 0) is 0 Å². The Morgan fingerprint density at radius 1 is 1.20 bits per heavy atom. The Labute approximate surface area is 91.2 Å². The molecule has 15 heavy (non-hydrogen) atoms. The molecule has 0 atom stereocenters. The summed E-state index contributed by atoms with van der Waals surface area (Å²) < 4.78 is 0. The van der Waals surface area contributed by atoms with Gasteiger partial charge in [-0.1, -0.05) is 0 Å². The molecule has 76 valence electrons. The Hall–Kier alpha value is -1.69. The molecule has 0 aliphatic heterocycles. The second-order valence-electron chi connectivity index (χ2n) is 2.86. The maximum atomic E-state index is 5.43. The molecular weight excluding hydrogens is 210 g/mol. The van der Waals surface area contributed by atoms with E-state index in [0.717, 1.165) is 10.7 Å². The lowest BCUT2D eigenvalue weighted by atomic mass is 10.5. The van der Waals surface area contributed by atoms with Crippen molar-refractivity contribution in [1.29, 1.82) is 0 Å². The highest BCUT2D eigenvalue weighted by Crippen LogP contribution is 2.21. The molecule has 2 N–H and O–H groups in total. The maximum absolute atomic E-state index is 5.43. The van der Waals surface area contributed by atoms with Crippen molar-refractivity contribution in [2.45, 2.75) is 17.1 Å². The lowest BCUT2D eigenvalue weighted by Crippen LogP contribution is -1.93. The number of hydrogen-bond acceptors (Lipinski definition) is 6. The molecule has 0 aliphatic carbocycles. The zero-order valence-corrected chi connectivity index (χ0v) is 8.90. The number of rotatable bonds is 2. The Bertz CT molecular complexity index is 456. The minimum atomic E-state index is 0.407. The molecule has 2 rings (SSSR count). The quantitative estimate of drug-likeness (QED) is 0.767. The van der Waals surface area contributed by atoms with Crippen LogP contribution in [0.2, 0.25) is 0 Å². The molecule has 0 amide bonds. The second-order valence-corrected chi connectivity index (χ2v) is 3.85. The first-order valence-corrected chi connectivity index (χ1v) is 5.11. The van der Waals surface area contributed by atoms with Crippen LogP contribution in [0, 0.1) is 6.92 Å². The minimum absolute atomic E-state index is 0.407. The van der Waals surface area contributed by atoms with Gasteiger partial charge >= 0.3 is 0 Å². The number of aromatic nitrogens is 4. The van der Waals surface area contributed by atoms with Gasteiger partial charge in [-0.15, -0.1) is 0 Å². The summed E-state index contributed by atoms with van der Waals surface area (Å²) in [6.07, 6.45) is 4.83. The van der Waals surface area contributed by atoms with Crippen molar-refractivity contribution in [2.24, 2.45) is 0 Å². The number of nitrogen functional groups attached to an aromatic ring is 1. The SMILES string of the molecule is Cc1ccnc(Sc2cnc(N)cn2)n1. The van der Waals surface area contributed by atoms with Gasteiger partial charge in [0.15, 0.2) is 5.16 Å². The van der Waals surface area contributed by atoms with Gasteiger partial charge in [0.05, 0.1) is 12.4 Å². The summed E-state index contributed by atoms with van der Waals surface area (Å²) in [5, 5.41) is 1.39. The van der Waals surface area contributed by atoms with Gasteiger partial charge in [0.25, 0.3) is 0 Å². The van der Waals surface area contributed by atoms with E-state index in [1.807, 2.05) is 13.0 Å². The van der Waals surface area contributed by atoms with E-state index in [0.29, 0.717) is 11.0 Å². The van der Waals surface area contributed by atoms with E-state index in [1.165, 1.54) is 18.0 Å². The normalized spacial score (nSPS) is 10.2. The molecule has 5 nitrogen and oxygen atoms in total. The number of hydrogen-bond donors (Lipinski definition) is 1. The minimum Gasteiger partial charge on any atom is -0.382 e. The summed E-state index contributed by atoms with van der Waals surface area (Å²) >= 11 is 1.36. The molecule has 0 unspecified atom stereocenters. The molecule has 0 bridgehead atoms. The molecule has 0 saturated carbocycles. The van der Waals surface area contributed by atoms with Gasteiger partial charge in [0.2, 0.25) is 0 Å². The summed E-state index contributed by atoms with van der Waals surface area (Å²) in [4.78, 5) is 16.4. The van der Waals surface area contributed by atoms with Gasteiger partial charge in [-0.3, -0.25) is 0 Å². The smallest absolute Gasteiger partial charge is 0.194 e. The predicted molar refractivity (Wildman–Crippen MR) is 57.3 cm³/mol. The van der Waals surface area contributed by atoms with E-state index in [9.17, 15) is 0 Å². The van der Waals surface area contributed by atoms with Gasteiger partial charge in [-0.25, -0.2) is 19.9 Å². The summed E-state index contributed by atoms with van der Waals surface area (Å²) in [5.74, 6) is 0.407. The molecule has 2 aromatic rings. The summed E-state index contributed by atoms with van der Waals surface area (Å²) in [7, 11) is 0. The topological polar surface area (TPSA) is 77.6 Å². The predicted octanol–water partition coefficient (Wildman–Crippen LogP) is 1.31. The molecule has 0 aromatic carbocycles. The fourth-order valence-corrected chi connectivity index (χ4v) is 1.65. The Morgan fingerprint density at radius 2 is 2.07 bits per heavy atom. The molecular formula is C9H9N5S. The van der Waals surface area contributed by atoms with Gasteiger partial charge in [0.1, 0.15) is 10.8 Å². The molecule has 0 fully saturated rings. The van der Waals surface area contributed by atoms with Crippen LogP contribution in [0.25, 0.3) is 0 Å². The first kappa shape index (κ1) is 9.85. The monoisotopic (exact) mass is 219 g/mol. The summed E-state index contributed by atoms with van der Waals surface area (Å²) in [5.41, 5.74) is 6.36. The summed E-state index contributed by atoms with van der Waals surface area (Å²) in [6.45, 7) is 1.92. The van der Waals surface area contributed by atoms with Gasteiger partial charge in [0, 0.05) is 11.9 Å².